The van der Waals surface area contributed by atoms with E-state index >= 15 is 0 Å². The molecule has 13 heavy (non-hydrogen) atoms. The molecule has 0 heterocycles. The third kappa shape index (κ3) is 7.78. The molecule has 0 rings (SSSR count). The van der Waals surface area contributed by atoms with Crippen LogP contribution >= 0.6 is 0 Å². The van der Waals surface area contributed by atoms with Crippen LogP contribution in [0.1, 0.15) is 40.0 Å². The molecule has 3 nitrogen and oxygen atoms in total. The second-order valence-corrected chi connectivity index (χ2v) is 3.25. The number of carbonyl (C=O) groups is 1. The minimum atomic E-state index is -0.00884. The van der Waals surface area contributed by atoms with Crippen molar-refractivity contribution >= 4 is 5.91 Å². The minimum Gasteiger partial charge on any atom is -0.372 e. The van der Waals surface area contributed by atoms with Crippen LogP contribution in [-0.2, 0) is 9.53 Å². The third-order valence-corrected chi connectivity index (χ3v) is 1.84. The van der Waals surface area contributed by atoms with Gasteiger partial charge in [-0.05, 0) is 20.3 Å². The molecule has 1 N–H and O–H groups in total. The molecule has 0 aliphatic heterocycles. The summed E-state index contributed by atoms with van der Waals surface area (Å²) in [6.07, 6.45) is 3.39. The minimum absolute atomic E-state index is 0.00884. The van der Waals surface area contributed by atoms with Crippen LogP contribution in [0.4, 0.5) is 0 Å². The zero-order valence-electron chi connectivity index (χ0n) is 8.93. The van der Waals surface area contributed by atoms with Gasteiger partial charge in [-0.15, -0.1) is 0 Å². The standard InChI is InChI=1S/C10H21NO2/c1-4-6-7-9(3)11-10(12)8-13-5-2/h9H,4-8H2,1-3H3,(H,11,12). The second-order valence-electron chi connectivity index (χ2n) is 3.25. The van der Waals surface area contributed by atoms with Crippen LogP contribution < -0.4 is 5.32 Å². The highest BCUT2D eigenvalue weighted by molar-refractivity contribution is 5.77. The molecule has 0 saturated carbocycles. The predicted octanol–water partition coefficient (Wildman–Crippen LogP) is 1.72. The number of amides is 1. The van der Waals surface area contributed by atoms with Crippen LogP contribution in [-0.4, -0.2) is 25.2 Å². The first kappa shape index (κ1) is 12.4. The van der Waals surface area contributed by atoms with Crippen LogP contribution in [0, 0.1) is 0 Å². The van der Waals surface area contributed by atoms with Gasteiger partial charge in [0.1, 0.15) is 6.61 Å². The monoisotopic (exact) mass is 187 g/mol. The molecule has 0 aromatic heterocycles. The van der Waals surface area contributed by atoms with Gasteiger partial charge in [0.05, 0.1) is 0 Å². The van der Waals surface area contributed by atoms with Gasteiger partial charge in [-0.2, -0.15) is 0 Å². The molecule has 1 amide bonds. The molecule has 0 radical (unpaired) electrons. The summed E-state index contributed by atoms with van der Waals surface area (Å²) < 4.78 is 4.99. The quantitative estimate of drug-likeness (QED) is 0.659. The molecule has 3 heteroatoms. The predicted molar refractivity (Wildman–Crippen MR) is 53.6 cm³/mol. The van der Waals surface area contributed by atoms with Crippen LogP contribution in [0.2, 0.25) is 0 Å². The molecule has 0 aromatic rings. The lowest BCUT2D eigenvalue weighted by molar-refractivity contribution is -0.126. The van der Waals surface area contributed by atoms with E-state index in [0.29, 0.717) is 6.61 Å². The van der Waals surface area contributed by atoms with Crippen LogP contribution in [0.5, 0.6) is 0 Å². The van der Waals surface area contributed by atoms with E-state index in [2.05, 4.69) is 12.2 Å². The van der Waals surface area contributed by atoms with Crippen LogP contribution in [0.15, 0.2) is 0 Å². The maximum Gasteiger partial charge on any atom is 0.246 e. The maximum atomic E-state index is 11.1. The Morgan fingerprint density at radius 1 is 1.46 bits per heavy atom. The molecule has 0 saturated heterocycles. The van der Waals surface area contributed by atoms with Gasteiger partial charge in [-0.3, -0.25) is 4.79 Å². The van der Waals surface area contributed by atoms with Crippen LogP contribution in [0.3, 0.4) is 0 Å². The largest absolute Gasteiger partial charge is 0.372 e. The van der Waals surface area contributed by atoms with Crippen molar-refractivity contribution in [2.75, 3.05) is 13.2 Å². The Labute approximate surface area is 80.8 Å². The lowest BCUT2D eigenvalue weighted by Crippen LogP contribution is -2.35. The summed E-state index contributed by atoms with van der Waals surface area (Å²) in [5, 5.41) is 2.89. The molecule has 1 atom stereocenters. The number of carbonyl (C=O) groups excluding carboxylic acids is 1. The van der Waals surface area contributed by atoms with E-state index in [4.69, 9.17) is 4.74 Å². The zero-order valence-corrected chi connectivity index (χ0v) is 8.93. The number of ether oxygens (including phenoxy) is 1. The summed E-state index contributed by atoms with van der Waals surface area (Å²) in [7, 11) is 0. The molecule has 0 bridgehead atoms. The van der Waals surface area contributed by atoms with Crippen molar-refractivity contribution < 1.29 is 9.53 Å². The van der Waals surface area contributed by atoms with E-state index in [0.717, 1.165) is 12.8 Å². The van der Waals surface area contributed by atoms with E-state index in [1.807, 2.05) is 13.8 Å². The molecule has 0 spiro atoms. The Balaban J connectivity index is 3.41. The number of unbranched alkanes of at least 4 members (excludes halogenated alkanes) is 1. The highest BCUT2D eigenvalue weighted by Crippen LogP contribution is 1.98. The summed E-state index contributed by atoms with van der Waals surface area (Å²) in [4.78, 5) is 11.1. The van der Waals surface area contributed by atoms with Crippen molar-refractivity contribution in [2.45, 2.75) is 46.1 Å². The highest BCUT2D eigenvalue weighted by atomic mass is 16.5. The molecule has 1 unspecified atom stereocenters. The topological polar surface area (TPSA) is 38.3 Å². The third-order valence-electron chi connectivity index (χ3n) is 1.84. The van der Waals surface area contributed by atoms with Gasteiger partial charge in [0.25, 0.3) is 0 Å². The van der Waals surface area contributed by atoms with Crippen molar-refractivity contribution in [3.63, 3.8) is 0 Å². The maximum absolute atomic E-state index is 11.1. The van der Waals surface area contributed by atoms with E-state index in [-0.39, 0.29) is 18.6 Å². The van der Waals surface area contributed by atoms with Crippen molar-refractivity contribution in [1.29, 1.82) is 0 Å². The average Bonchev–Trinajstić information content (AvgIpc) is 2.11. The number of rotatable bonds is 7. The fourth-order valence-electron chi connectivity index (χ4n) is 1.09. The fraction of sp³-hybridized carbons (Fsp3) is 0.900. The molecular weight excluding hydrogens is 166 g/mol. The van der Waals surface area contributed by atoms with E-state index < -0.39 is 0 Å². The summed E-state index contributed by atoms with van der Waals surface area (Å²) in [5.41, 5.74) is 0. The number of nitrogens with one attached hydrogen (secondary N) is 1. The summed E-state index contributed by atoms with van der Waals surface area (Å²) in [6.45, 7) is 6.84. The van der Waals surface area contributed by atoms with Gasteiger partial charge in [-0.25, -0.2) is 0 Å². The lowest BCUT2D eigenvalue weighted by Gasteiger charge is -2.12. The lowest BCUT2D eigenvalue weighted by atomic mass is 10.1. The first-order valence-corrected chi connectivity index (χ1v) is 5.07. The van der Waals surface area contributed by atoms with Gasteiger partial charge in [0.2, 0.25) is 5.91 Å². The first-order valence-electron chi connectivity index (χ1n) is 5.07. The Morgan fingerprint density at radius 2 is 2.15 bits per heavy atom. The van der Waals surface area contributed by atoms with Crippen molar-refractivity contribution in [3.05, 3.63) is 0 Å². The highest BCUT2D eigenvalue weighted by Gasteiger charge is 2.05. The zero-order chi connectivity index (χ0) is 10.1. The summed E-state index contributed by atoms with van der Waals surface area (Å²) >= 11 is 0. The smallest absolute Gasteiger partial charge is 0.246 e. The van der Waals surface area contributed by atoms with Gasteiger partial charge in [0, 0.05) is 12.6 Å². The molecule has 0 aromatic carbocycles. The Bertz CT molecular complexity index is 137. The number of hydrogen-bond acceptors (Lipinski definition) is 2. The molecular formula is C10H21NO2. The summed E-state index contributed by atoms with van der Waals surface area (Å²) in [6, 6.07) is 0.271. The summed E-state index contributed by atoms with van der Waals surface area (Å²) in [5.74, 6) is -0.00884. The second kappa shape index (κ2) is 8.05. The SMILES string of the molecule is CCCCC(C)NC(=O)COCC. The Kier molecular flexibility index (Phi) is 7.69. The molecule has 0 aliphatic carbocycles. The van der Waals surface area contributed by atoms with Crippen molar-refractivity contribution in [2.24, 2.45) is 0 Å². The van der Waals surface area contributed by atoms with E-state index in [9.17, 15) is 4.79 Å². The van der Waals surface area contributed by atoms with E-state index in [1.54, 1.807) is 0 Å². The van der Waals surface area contributed by atoms with Gasteiger partial charge >= 0.3 is 0 Å². The van der Waals surface area contributed by atoms with Gasteiger partial charge in [0.15, 0.2) is 0 Å². The Hall–Kier alpha value is -0.570. The Morgan fingerprint density at radius 3 is 2.69 bits per heavy atom. The normalized spacial score (nSPS) is 12.5. The van der Waals surface area contributed by atoms with Crippen molar-refractivity contribution in [3.8, 4) is 0 Å². The number of hydrogen-bond donors (Lipinski definition) is 1. The average molecular weight is 187 g/mol. The molecule has 0 aliphatic rings. The fourth-order valence-corrected chi connectivity index (χ4v) is 1.09. The molecule has 78 valence electrons. The van der Waals surface area contributed by atoms with E-state index in [1.165, 1.54) is 6.42 Å². The molecule has 0 fully saturated rings. The van der Waals surface area contributed by atoms with Crippen molar-refractivity contribution in [1.82, 2.24) is 5.32 Å². The first-order chi connectivity index (χ1) is 6.20. The van der Waals surface area contributed by atoms with Gasteiger partial charge in [-0.1, -0.05) is 19.8 Å². The van der Waals surface area contributed by atoms with Crippen LogP contribution in [0.25, 0.3) is 0 Å². The van der Waals surface area contributed by atoms with Gasteiger partial charge < -0.3 is 10.1 Å².